The third-order valence-corrected chi connectivity index (χ3v) is 5.83. The summed E-state index contributed by atoms with van der Waals surface area (Å²) in [6.45, 7) is 7.16. The number of piperidine rings is 2. The van der Waals surface area contributed by atoms with Gasteiger partial charge in [-0.1, -0.05) is 11.6 Å². The van der Waals surface area contributed by atoms with E-state index in [1.165, 1.54) is 0 Å². The fourth-order valence-electron chi connectivity index (χ4n) is 4.14. The van der Waals surface area contributed by atoms with Crippen LogP contribution in [0.4, 0.5) is 0 Å². The number of carbonyl (C=O) groups is 2. The maximum absolute atomic E-state index is 13.0. The number of rotatable bonds is 3. The lowest BCUT2D eigenvalue weighted by Gasteiger charge is -2.47. The van der Waals surface area contributed by atoms with E-state index in [0.29, 0.717) is 17.7 Å². The molecule has 0 unspecified atom stereocenters. The SMILES string of the molecule is CCN1CC2(CCC1=O)CCN(C(=O)c1cc(C)ccc1OC)CC2. The zero-order valence-electron chi connectivity index (χ0n) is 15.5. The maximum atomic E-state index is 13.0. The van der Waals surface area contributed by atoms with Gasteiger partial charge in [0.05, 0.1) is 12.7 Å². The number of amides is 2. The summed E-state index contributed by atoms with van der Waals surface area (Å²) in [7, 11) is 1.60. The Labute approximate surface area is 149 Å². The van der Waals surface area contributed by atoms with Gasteiger partial charge in [0.25, 0.3) is 5.91 Å². The predicted octanol–water partition coefficient (Wildman–Crippen LogP) is 2.87. The second kappa shape index (κ2) is 7.06. The van der Waals surface area contributed by atoms with E-state index in [1.54, 1.807) is 7.11 Å². The van der Waals surface area contributed by atoms with Crippen molar-refractivity contribution in [2.45, 2.75) is 39.5 Å². The zero-order valence-corrected chi connectivity index (χ0v) is 15.5. The van der Waals surface area contributed by atoms with E-state index in [-0.39, 0.29) is 17.2 Å². The average molecular weight is 344 g/mol. The lowest BCUT2D eigenvalue weighted by molar-refractivity contribution is -0.138. The third-order valence-electron chi connectivity index (χ3n) is 5.83. The number of hydrogen-bond acceptors (Lipinski definition) is 3. The highest BCUT2D eigenvalue weighted by Crippen LogP contribution is 2.40. The molecule has 0 saturated carbocycles. The van der Waals surface area contributed by atoms with Crippen LogP contribution in [0.5, 0.6) is 5.75 Å². The molecular formula is C20H28N2O3. The zero-order chi connectivity index (χ0) is 18.0. The van der Waals surface area contributed by atoms with Crippen molar-refractivity contribution < 1.29 is 14.3 Å². The molecule has 1 aromatic carbocycles. The molecule has 3 rings (SSSR count). The van der Waals surface area contributed by atoms with Gasteiger partial charge < -0.3 is 14.5 Å². The van der Waals surface area contributed by atoms with E-state index in [1.807, 2.05) is 41.8 Å². The first-order valence-corrected chi connectivity index (χ1v) is 9.20. The summed E-state index contributed by atoms with van der Waals surface area (Å²) in [4.78, 5) is 28.8. The number of carbonyl (C=O) groups excluding carboxylic acids is 2. The van der Waals surface area contributed by atoms with Gasteiger partial charge in [-0.25, -0.2) is 0 Å². The van der Waals surface area contributed by atoms with Crippen molar-refractivity contribution in [3.05, 3.63) is 29.3 Å². The minimum atomic E-state index is 0.0506. The van der Waals surface area contributed by atoms with E-state index in [9.17, 15) is 9.59 Å². The van der Waals surface area contributed by atoms with Crippen LogP contribution in [0.2, 0.25) is 0 Å². The molecule has 0 atom stereocenters. The number of aryl methyl sites for hydroxylation is 1. The molecule has 1 aromatic rings. The maximum Gasteiger partial charge on any atom is 0.257 e. The van der Waals surface area contributed by atoms with E-state index in [2.05, 4.69) is 0 Å². The van der Waals surface area contributed by atoms with Gasteiger partial charge in [0.2, 0.25) is 5.91 Å². The largest absolute Gasteiger partial charge is 0.496 e. The van der Waals surface area contributed by atoms with Crippen molar-refractivity contribution in [2.75, 3.05) is 33.3 Å². The Bertz CT molecular complexity index is 663. The smallest absolute Gasteiger partial charge is 0.257 e. The lowest BCUT2D eigenvalue weighted by atomic mass is 9.72. The molecule has 2 fully saturated rings. The summed E-state index contributed by atoms with van der Waals surface area (Å²) in [5.74, 6) is 0.960. The first kappa shape index (κ1) is 17.8. The Morgan fingerprint density at radius 2 is 1.96 bits per heavy atom. The van der Waals surface area contributed by atoms with Crippen molar-refractivity contribution in [3.63, 3.8) is 0 Å². The van der Waals surface area contributed by atoms with Crippen molar-refractivity contribution in [2.24, 2.45) is 5.41 Å². The van der Waals surface area contributed by atoms with Gasteiger partial charge in [-0.15, -0.1) is 0 Å². The van der Waals surface area contributed by atoms with E-state index in [0.717, 1.165) is 51.0 Å². The second-order valence-corrected chi connectivity index (χ2v) is 7.40. The summed E-state index contributed by atoms with van der Waals surface area (Å²) in [5.41, 5.74) is 1.90. The molecule has 2 aliphatic rings. The van der Waals surface area contributed by atoms with Crippen LogP contribution in [0.25, 0.3) is 0 Å². The summed E-state index contributed by atoms with van der Waals surface area (Å²) in [6, 6.07) is 5.72. The van der Waals surface area contributed by atoms with Crippen LogP contribution in [0, 0.1) is 12.3 Å². The van der Waals surface area contributed by atoms with Crippen molar-refractivity contribution >= 4 is 11.8 Å². The Kier molecular flexibility index (Phi) is 5.02. The summed E-state index contributed by atoms with van der Waals surface area (Å²) in [5, 5.41) is 0. The first-order chi connectivity index (χ1) is 12.0. The van der Waals surface area contributed by atoms with Crippen molar-refractivity contribution in [3.8, 4) is 5.75 Å². The van der Waals surface area contributed by atoms with Gasteiger partial charge in [0.15, 0.2) is 0 Å². The van der Waals surface area contributed by atoms with Gasteiger partial charge in [-0.05, 0) is 50.7 Å². The normalized spacial score (nSPS) is 20.0. The van der Waals surface area contributed by atoms with E-state index < -0.39 is 0 Å². The van der Waals surface area contributed by atoms with Gasteiger partial charge >= 0.3 is 0 Å². The molecule has 25 heavy (non-hydrogen) atoms. The van der Waals surface area contributed by atoms with E-state index in [4.69, 9.17) is 4.74 Å². The Balaban J connectivity index is 1.69. The quantitative estimate of drug-likeness (QED) is 0.847. The highest BCUT2D eigenvalue weighted by Gasteiger charge is 2.41. The molecule has 136 valence electrons. The fraction of sp³-hybridized carbons (Fsp3) is 0.600. The molecule has 0 bridgehead atoms. The Hall–Kier alpha value is -2.04. The second-order valence-electron chi connectivity index (χ2n) is 7.40. The Morgan fingerprint density at radius 3 is 2.60 bits per heavy atom. The number of likely N-dealkylation sites (tertiary alicyclic amines) is 2. The molecule has 2 heterocycles. The highest BCUT2D eigenvalue weighted by atomic mass is 16.5. The van der Waals surface area contributed by atoms with Crippen LogP contribution < -0.4 is 4.74 Å². The van der Waals surface area contributed by atoms with E-state index >= 15 is 0 Å². The van der Waals surface area contributed by atoms with Crippen LogP contribution in [0.1, 0.15) is 48.5 Å². The number of hydrogen-bond donors (Lipinski definition) is 0. The topological polar surface area (TPSA) is 49.9 Å². The standard InChI is InChI=1S/C20H28N2O3/c1-4-21-14-20(8-7-18(21)23)9-11-22(12-10-20)19(24)16-13-15(2)5-6-17(16)25-3/h5-6,13H,4,7-12,14H2,1-3H3. The first-order valence-electron chi connectivity index (χ1n) is 9.20. The third kappa shape index (κ3) is 3.51. The minimum absolute atomic E-state index is 0.0506. The Morgan fingerprint density at radius 1 is 1.24 bits per heavy atom. The molecule has 5 heteroatoms. The van der Waals surface area contributed by atoms with Crippen LogP contribution in [-0.4, -0.2) is 54.9 Å². The summed E-state index contributed by atoms with van der Waals surface area (Å²) < 4.78 is 5.37. The molecule has 2 aliphatic heterocycles. The van der Waals surface area contributed by atoms with Crippen LogP contribution >= 0.6 is 0 Å². The average Bonchev–Trinajstić information content (AvgIpc) is 2.64. The molecule has 0 N–H and O–H groups in total. The number of ether oxygens (including phenoxy) is 1. The van der Waals surface area contributed by atoms with Crippen molar-refractivity contribution in [1.82, 2.24) is 9.80 Å². The number of nitrogens with zero attached hydrogens (tertiary/aromatic N) is 2. The van der Waals surface area contributed by atoms with Gasteiger partial charge in [0, 0.05) is 32.6 Å². The van der Waals surface area contributed by atoms with Gasteiger partial charge in [-0.3, -0.25) is 9.59 Å². The number of benzene rings is 1. The molecule has 0 aromatic heterocycles. The fourth-order valence-corrected chi connectivity index (χ4v) is 4.14. The predicted molar refractivity (Wildman–Crippen MR) is 96.8 cm³/mol. The van der Waals surface area contributed by atoms with Crippen molar-refractivity contribution in [1.29, 1.82) is 0 Å². The highest BCUT2D eigenvalue weighted by molar-refractivity contribution is 5.97. The molecular weight excluding hydrogens is 316 g/mol. The summed E-state index contributed by atoms with van der Waals surface area (Å²) in [6.07, 6.45) is 3.54. The molecule has 2 amide bonds. The van der Waals surface area contributed by atoms with Crippen LogP contribution in [-0.2, 0) is 4.79 Å². The minimum Gasteiger partial charge on any atom is -0.496 e. The molecule has 0 aliphatic carbocycles. The van der Waals surface area contributed by atoms with Crippen LogP contribution in [0.3, 0.4) is 0 Å². The number of methoxy groups -OCH3 is 1. The van der Waals surface area contributed by atoms with Crippen LogP contribution in [0.15, 0.2) is 18.2 Å². The molecule has 0 radical (unpaired) electrons. The monoisotopic (exact) mass is 344 g/mol. The molecule has 1 spiro atoms. The van der Waals surface area contributed by atoms with Gasteiger partial charge in [-0.2, -0.15) is 0 Å². The summed E-state index contributed by atoms with van der Waals surface area (Å²) >= 11 is 0. The van der Waals surface area contributed by atoms with Gasteiger partial charge in [0.1, 0.15) is 5.75 Å². The molecule has 5 nitrogen and oxygen atoms in total. The molecule has 2 saturated heterocycles. The lowest BCUT2D eigenvalue weighted by Crippen LogP contribution is -2.52.